The van der Waals surface area contributed by atoms with Crippen LogP contribution in [0.4, 0.5) is 8.78 Å². The van der Waals surface area contributed by atoms with Gasteiger partial charge in [0.25, 0.3) is 0 Å². The first kappa shape index (κ1) is 12.6. The molecular formula is C11H8F2N2O2S. The quantitative estimate of drug-likeness (QED) is 0.902. The fraction of sp³-hybridized carbons (Fsp3) is 0. The molecule has 0 atom stereocenters. The Morgan fingerprint density at radius 3 is 2.39 bits per heavy atom. The van der Waals surface area contributed by atoms with Crippen LogP contribution in [0.25, 0.3) is 11.3 Å². The van der Waals surface area contributed by atoms with Gasteiger partial charge in [0.15, 0.2) is 5.82 Å². The van der Waals surface area contributed by atoms with E-state index in [-0.39, 0.29) is 5.69 Å². The number of nitrogens with two attached hydrogens (primary N) is 1. The summed E-state index contributed by atoms with van der Waals surface area (Å²) in [7, 11) is -4.25. The summed E-state index contributed by atoms with van der Waals surface area (Å²) < 4.78 is 49.9. The molecule has 1 aromatic heterocycles. The Morgan fingerprint density at radius 1 is 1.11 bits per heavy atom. The third-order valence-corrected chi connectivity index (χ3v) is 3.21. The van der Waals surface area contributed by atoms with Crippen molar-refractivity contribution in [3.8, 4) is 11.3 Å². The molecule has 0 spiro atoms. The second-order valence-corrected chi connectivity index (χ2v) is 5.02. The summed E-state index contributed by atoms with van der Waals surface area (Å²) in [6.07, 6.45) is 1.35. The predicted molar refractivity (Wildman–Crippen MR) is 61.0 cm³/mol. The van der Waals surface area contributed by atoms with E-state index in [0.29, 0.717) is 0 Å². The molecule has 2 aromatic rings. The van der Waals surface area contributed by atoms with Gasteiger partial charge in [-0.2, -0.15) is 0 Å². The van der Waals surface area contributed by atoms with E-state index in [1.807, 2.05) is 0 Å². The summed E-state index contributed by atoms with van der Waals surface area (Å²) in [5.41, 5.74) is -0.514. The molecule has 2 rings (SSSR count). The zero-order valence-electron chi connectivity index (χ0n) is 8.97. The maximum Gasteiger partial charge on any atom is 0.240 e. The smallest absolute Gasteiger partial charge is 0.240 e. The Bertz CT molecular complexity index is 688. The lowest BCUT2D eigenvalue weighted by Crippen LogP contribution is -2.15. The fourth-order valence-electron chi connectivity index (χ4n) is 1.50. The minimum atomic E-state index is -4.25. The number of hydrogen-bond acceptors (Lipinski definition) is 3. The minimum absolute atomic E-state index is 0.00185. The van der Waals surface area contributed by atoms with Crippen molar-refractivity contribution in [2.45, 2.75) is 4.90 Å². The number of pyridine rings is 1. The molecular weight excluding hydrogens is 262 g/mol. The van der Waals surface area contributed by atoms with E-state index in [1.165, 1.54) is 18.3 Å². The highest BCUT2D eigenvalue weighted by molar-refractivity contribution is 7.89. The molecule has 0 aliphatic rings. The molecule has 2 N–H and O–H groups in total. The highest BCUT2D eigenvalue weighted by Crippen LogP contribution is 2.28. The van der Waals surface area contributed by atoms with Crippen LogP contribution < -0.4 is 5.14 Å². The van der Waals surface area contributed by atoms with Gasteiger partial charge in [0.05, 0.1) is 11.3 Å². The molecule has 0 amide bonds. The standard InChI is InChI=1S/C11H8F2N2O2S/c12-7-4-5-9(18(14,16)17)11(13)10(7)8-3-1-2-6-15-8/h1-6H,(H2,14,16,17). The molecule has 0 fully saturated rings. The average Bonchev–Trinajstić information content (AvgIpc) is 2.28. The van der Waals surface area contributed by atoms with Crippen molar-refractivity contribution in [2.75, 3.05) is 0 Å². The lowest BCUT2D eigenvalue weighted by atomic mass is 10.1. The van der Waals surface area contributed by atoms with Crippen molar-refractivity contribution in [3.63, 3.8) is 0 Å². The lowest BCUT2D eigenvalue weighted by Gasteiger charge is -2.07. The number of primary sulfonamides is 1. The largest absolute Gasteiger partial charge is 0.256 e. The number of benzene rings is 1. The van der Waals surface area contributed by atoms with Crippen molar-refractivity contribution < 1.29 is 17.2 Å². The van der Waals surface area contributed by atoms with E-state index in [2.05, 4.69) is 4.98 Å². The number of aromatic nitrogens is 1. The van der Waals surface area contributed by atoms with Crippen LogP contribution in [0.3, 0.4) is 0 Å². The fourth-order valence-corrected chi connectivity index (χ4v) is 2.11. The van der Waals surface area contributed by atoms with Crippen LogP contribution in [0.1, 0.15) is 0 Å². The number of rotatable bonds is 2. The van der Waals surface area contributed by atoms with E-state index in [0.717, 1.165) is 12.1 Å². The van der Waals surface area contributed by atoms with Gasteiger partial charge in [-0.15, -0.1) is 0 Å². The van der Waals surface area contributed by atoms with E-state index < -0.39 is 32.1 Å². The van der Waals surface area contributed by atoms with Crippen LogP contribution in [0.5, 0.6) is 0 Å². The Hall–Kier alpha value is -1.86. The Morgan fingerprint density at radius 2 is 1.83 bits per heavy atom. The maximum absolute atomic E-state index is 14.0. The van der Waals surface area contributed by atoms with Crippen molar-refractivity contribution in [3.05, 3.63) is 48.2 Å². The summed E-state index contributed by atoms with van der Waals surface area (Å²) in [5, 5.41) is 4.84. The Kier molecular flexibility index (Phi) is 3.10. The van der Waals surface area contributed by atoms with Crippen molar-refractivity contribution >= 4 is 10.0 Å². The Labute approximate surface area is 102 Å². The molecule has 0 unspecified atom stereocenters. The van der Waals surface area contributed by atoms with Crippen molar-refractivity contribution in [2.24, 2.45) is 5.14 Å². The summed E-state index contributed by atoms with van der Waals surface area (Å²) in [5.74, 6) is -2.14. The van der Waals surface area contributed by atoms with Crippen LogP contribution >= 0.6 is 0 Å². The lowest BCUT2D eigenvalue weighted by molar-refractivity contribution is 0.553. The molecule has 0 aliphatic heterocycles. The molecule has 1 heterocycles. The summed E-state index contributed by atoms with van der Waals surface area (Å²) in [6, 6.07) is 6.10. The van der Waals surface area contributed by atoms with Gasteiger partial charge in [-0.3, -0.25) is 4.98 Å². The Balaban J connectivity index is 2.76. The van der Waals surface area contributed by atoms with Gasteiger partial charge >= 0.3 is 0 Å². The zero-order chi connectivity index (χ0) is 13.3. The highest BCUT2D eigenvalue weighted by atomic mass is 32.2. The molecule has 0 aliphatic carbocycles. The average molecular weight is 270 g/mol. The van der Waals surface area contributed by atoms with Crippen LogP contribution in [0.2, 0.25) is 0 Å². The highest BCUT2D eigenvalue weighted by Gasteiger charge is 2.22. The predicted octanol–water partition coefficient (Wildman–Crippen LogP) is 1.67. The second kappa shape index (κ2) is 4.43. The van der Waals surface area contributed by atoms with Crippen LogP contribution in [-0.2, 0) is 10.0 Å². The summed E-state index contributed by atoms with van der Waals surface area (Å²) in [4.78, 5) is 3.02. The van der Waals surface area contributed by atoms with E-state index in [9.17, 15) is 17.2 Å². The first-order valence-corrected chi connectivity index (χ1v) is 6.38. The number of halogens is 2. The monoisotopic (exact) mass is 270 g/mol. The summed E-state index contributed by atoms with van der Waals surface area (Å²) >= 11 is 0. The number of nitrogens with zero attached hydrogens (tertiary/aromatic N) is 1. The van der Waals surface area contributed by atoms with Crippen molar-refractivity contribution in [1.29, 1.82) is 0 Å². The molecule has 4 nitrogen and oxygen atoms in total. The zero-order valence-corrected chi connectivity index (χ0v) is 9.79. The minimum Gasteiger partial charge on any atom is -0.256 e. The van der Waals surface area contributed by atoms with E-state index in [1.54, 1.807) is 6.07 Å². The third-order valence-electron chi connectivity index (χ3n) is 2.28. The van der Waals surface area contributed by atoms with Crippen LogP contribution in [0.15, 0.2) is 41.4 Å². The molecule has 0 bridgehead atoms. The molecule has 94 valence electrons. The molecule has 0 saturated carbocycles. The SMILES string of the molecule is NS(=O)(=O)c1ccc(F)c(-c2ccccn2)c1F. The molecule has 1 aromatic carbocycles. The van der Waals surface area contributed by atoms with Crippen LogP contribution in [0, 0.1) is 11.6 Å². The molecule has 0 saturated heterocycles. The molecule has 18 heavy (non-hydrogen) atoms. The van der Waals surface area contributed by atoms with Gasteiger partial charge in [0.2, 0.25) is 10.0 Å². The van der Waals surface area contributed by atoms with Gasteiger partial charge in [-0.1, -0.05) is 6.07 Å². The number of hydrogen-bond donors (Lipinski definition) is 1. The normalized spacial score (nSPS) is 11.5. The van der Waals surface area contributed by atoms with Gasteiger partial charge in [0.1, 0.15) is 10.7 Å². The van der Waals surface area contributed by atoms with Crippen molar-refractivity contribution in [1.82, 2.24) is 4.98 Å². The first-order chi connectivity index (χ1) is 8.41. The van der Waals surface area contributed by atoms with Gasteiger partial charge in [-0.05, 0) is 24.3 Å². The second-order valence-electron chi connectivity index (χ2n) is 3.49. The van der Waals surface area contributed by atoms with Gasteiger partial charge in [-0.25, -0.2) is 22.3 Å². The third kappa shape index (κ3) is 2.22. The number of sulfonamides is 1. The van der Waals surface area contributed by atoms with Crippen LogP contribution in [-0.4, -0.2) is 13.4 Å². The van der Waals surface area contributed by atoms with E-state index >= 15 is 0 Å². The maximum atomic E-state index is 14.0. The van der Waals surface area contributed by atoms with E-state index in [4.69, 9.17) is 5.14 Å². The summed E-state index contributed by atoms with van der Waals surface area (Å²) in [6.45, 7) is 0. The van der Waals surface area contributed by atoms with Gasteiger partial charge in [0, 0.05) is 6.20 Å². The van der Waals surface area contributed by atoms with Gasteiger partial charge < -0.3 is 0 Å². The topological polar surface area (TPSA) is 73.1 Å². The molecule has 0 radical (unpaired) electrons. The first-order valence-electron chi connectivity index (χ1n) is 4.83. The molecule has 7 heteroatoms.